The number of ether oxygens (including phenoxy) is 1. The van der Waals surface area contributed by atoms with E-state index in [9.17, 15) is 18.3 Å². The van der Waals surface area contributed by atoms with E-state index in [0.717, 1.165) is 4.31 Å². The number of hydrogen-bond donors (Lipinski definition) is 2. The molecule has 32 heavy (non-hydrogen) atoms. The summed E-state index contributed by atoms with van der Waals surface area (Å²) in [5.41, 5.74) is 3.49. The number of rotatable bonds is 8. The van der Waals surface area contributed by atoms with Crippen molar-refractivity contribution in [3.8, 4) is 11.5 Å². The van der Waals surface area contributed by atoms with Crippen molar-refractivity contribution in [1.82, 2.24) is 5.43 Å². The summed E-state index contributed by atoms with van der Waals surface area (Å²) in [7, 11) is -2.52. The molecule has 0 fully saturated rings. The molecule has 166 valence electrons. The Morgan fingerprint density at radius 2 is 1.62 bits per heavy atom. The third-order valence-corrected chi connectivity index (χ3v) is 6.41. The van der Waals surface area contributed by atoms with Gasteiger partial charge in [-0.2, -0.15) is 5.10 Å². The molecule has 1 amide bonds. The van der Waals surface area contributed by atoms with Gasteiger partial charge >= 0.3 is 0 Å². The second-order valence-electron chi connectivity index (χ2n) is 6.77. The van der Waals surface area contributed by atoms with Gasteiger partial charge in [-0.05, 0) is 55.5 Å². The van der Waals surface area contributed by atoms with Crippen LogP contribution in [0.4, 0.5) is 5.69 Å². The standard InChI is InChI=1S/C23H23N3O5S/c1-17(21-10-6-7-11-22(21)27)24-25-23(28)16-26(18-12-14-19(31-2)15-13-18)32(29,30)20-8-4-3-5-9-20/h3-15,27H,16H2,1-2H3,(H,25,28)/b24-17+. The van der Waals surface area contributed by atoms with Crippen LogP contribution >= 0.6 is 0 Å². The molecule has 3 aromatic rings. The first-order valence-corrected chi connectivity index (χ1v) is 11.1. The molecule has 0 bridgehead atoms. The molecule has 0 aliphatic rings. The Morgan fingerprint density at radius 1 is 1.00 bits per heavy atom. The summed E-state index contributed by atoms with van der Waals surface area (Å²) in [6.07, 6.45) is 0. The highest BCUT2D eigenvalue weighted by molar-refractivity contribution is 7.92. The minimum Gasteiger partial charge on any atom is -0.507 e. The van der Waals surface area contributed by atoms with E-state index in [-0.39, 0.29) is 10.6 Å². The Morgan fingerprint density at radius 3 is 2.25 bits per heavy atom. The minimum atomic E-state index is -4.02. The Hall–Kier alpha value is -3.85. The lowest BCUT2D eigenvalue weighted by atomic mass is 10.1. The van der Waals surface area contributed by atoms with Crippen molar-refractivity contribution >= 4 is 27.3 Å². The van der Waals surface area contributed by atoms with Gasteiger partial charge < -0.3 is 9.84 Å². The smallest absolute Gasteiger partial charge is 0.264 e. The maximum absolute atomic E-state index is 13.3. The number of carbonyl (C=O) groups is 1. The first-order chi connectivity index (χ1) is 15.3. The van der Waals surface area contributed by atoms with Crippen molar-refractivity contribution < 1.29 is 23.1 Å². The fraction of sp³-hybridized carbons (Fsp3) is 0.130. The van der Waals surface area contributed by atoms with Crippen LogP contribution in [0.15, 0.2) is 88.9 Å². The number of amides is 1. The van der Waals surface area contributed by atoms with E-state index in [1.165, 1.54) is 25.3 Å². The number of nitrogens with zero attached hydrogens (tertiary/aromatic N) is 2. The highest BCUT2D eigenvalue weighted by atomic mass is 32.2. The molecule has 3 rings (SSSR count). The molecule has 9 heteroatoms. The highest BCUT2D eigenvalue weighted by Crippen LogP contribution is 2.25. The molecule has 0 aliphatic heterocycles. The summed E-state index contributed by atoms with van der Waals surface area (Å²) in [6.45, 7) is 1.12. The van der Waals surface area contributed by atoms with Gasteiger partial charge in [0.05, 0.1) is 23.4 Å². The summed E-state index contributed by atoms with van der Waals surface area (Å²) in [6, 6.07) is 20.8. The normalized spacial score (nSPS) is 11.6. The quantitative estimate of drug-likeness (QED) is 0.402. The van der Waals surface area contributed by atoms with E-state index in [2.05, 4.69) is 10.5 Å². The number of sulfonamides is 1. The van der Waals surface area contributed by atoms with E-state index in [0.29, 0.717) is 22.7 Å². The second kappa shape index (κ2) is 9.97. The maximum atomic E-state index is 13.3. The molecule has 0 radical (unpaired) electrons. The first-order valence-electron chi connectivity index (χ1n) is 9.66. The largest absolute Gasteiger partial charge is 0.507 e. The van der Waals surface area contributed by atoms with Crippen molar-refractivity contribution in [1.29, 1.82) is 0 Å². The van der Waals surface area contributed by atoms with E-state index < -0.39 is 22.5 Å². The van der Waals surface area contributed by atoms with Crippen LogP contribution in [0.2, 0.25) is 0 Å². The van der Waals surface area contributed by atoms with Crippen molar-refractivity contribution in [2.45, 2.75) is 11.8 Å². The molecule has 3 aromatic carbocycles. The zero-order chi connectivity index (χ0) is 23.1. The van der Waals surface area contributed by atoms with Crippen LogP contribution in [0.1, 0.15) is 12.5 Å². The number of aromatic hydroxyl groups is 1. The molecule has 0 aliphatic carbocycles. The number of methoxy groups -OCH3 is 1. The summed E-state index contributed by atoms with van der Waals surface area (Å²) < 4.78 is 32.7. The summed E-state index contributed by atoms with van der Waals surface area (Å²) in [5.74, 6) is -0.0669. The molecule has 0 spiro atoms. The molecule has 0 heterocycles. The molecule has 2 N–H and O–H groups in total. The van der Waals surface area contributed by atoms with Crippen molar-refractivity contribution in [2.24, 2.45) is 5.10 Å². The van der Waals surface area contributed by atoms with Gasteiger partial charge in [-0.25, -0.2) is 13.8 Å². The maximum Gasteiger partial charge on any atom is 0.264 e. The van der Waals surface area contributed by atoms with Crippen molar-refractivity contribution in [3.63, 3.8) is 0 Å². The monoisotopic (exact) mass is 453 g/mol. The lowest BCUT2D eigenvalue weighted by Gasteiger charge is -2.24. The number of anilines is 1. The van der Waals surface area contributed by atoms with Crippen LogP contribution in [-0.2, 0) is 14.8 Å². The van der Waals surface area contributed by atoms with Crippen LogP contribution in [0, 0.1) is 0 Å². The van der Waals surface area contributed by atoms with E-state index in [1.807, 2.05) is 0 Å². The number of benzene rings is 3. The summed E-state index contributed by atoms with van der Waals surface area (Å²) >= 11 is 0. The van der Waals surface area contributed by atoms with Gasteiger partial charge in [0.25, 0.3) is 15.9 Å². The van der Waals surface area contributed by atoms with Crippen LogP contribution in [0.25, 0.3) is 0 Å². The van der Waals surface area contributed by atoms with Gasteiger partial charge in [0.15, 0.2) is 0 Å². The lowest BCUT2D eigenvalue weighted by Crippen LogP contribution is -2.39. The first kappa shape index (κ1) is 22.8. The molecular formula is C23H23N3O5S. The van der Waals surface area contributed by atoms with Gasteiger partial charge in [-0.1, -0.05) is 30.3 Å². The second-order valence-corrected chi connectivity index (χ2v) is 8.63. The Balaban J connectivity index is 1.87. The SMILES string of the molecule is COc1ccc(N(CC(=O)N/N=C(\C)c2ccccc2O)S(=O)(=O)c2ccccc2)cc1. The van der Waals surface area contributed by atoms with E-state index >= 15 is 0 Å². The molecule has 0 saturated heterocycles. The van der Waals surface area contributed by atoms with Crippen LogP contribution < -0.4 is 14.5 Å². The average molecular weight is 454 g/mol. The Bertz CT molecular complexity index is 1210. The van der Waals surface area contributed by atoms with Crippen molar-refractivity contribution in [3.05, 3.63) is 84.4 Å². The van der Waals surface area contributed by atoms with Crippen LogP contribution in [-0.4, -0.2) is 38.8 Å². The number of carbonyl (C=O) groups excluding carboxylic acids is 1. The Kier molecular flexibility index (Phi) is 7.11. The van der Waals surface area contributed by atoms with Gasteiger partial charge in [-0.15, -0.1) is 0 Å². The van der Waals surface area contributed by atoms with Crippen LogP contribution in [0.3, 0.4) is 0 Å². The van der Waals surface area contributed by atoms with E-state index in [1.54, 1.807) is 67.6 Å². The predicted molar refractivity (Wildman–Crippen MR) is 122 cm³/mol. The number of para-hydroxylation sites is 1. The van der Waals surface area contributed by atoms with E-state index in [4.69, 9.17) is 4.74 Å². The number of nitrogens with one attached hydrogen (secondary N) is 1. The lowest BCUT2D eigenvalue weighted by molar-refractivity contribution is -0.119. The zero-order valence-electron chi connectivity index (χ0n) is 17.6. The molecule has 0 saturated carbocycles. The third-order valence-electron chi connectivity index (χ3n) is 4.62. The fourth-order valence-electron chi connectivity index (χ4n) is 2.94. The topological polar surface area (TPSA) is 108 Å². The summed E-state index contributed by atoms with van der Waals surface area (Å²) in [4.78, 5) is 12.7. The number of hydrazone groups is 1. The van der Waals surface area contributed by atoms with Gasteiger partial charge in [0, 0.05) is 5.56 Å². The number of hydrogen-bond acceptors (Lipinski definition) is 6. The Labute approximate surface area is 186 Å². The summed E-state index contributed by atoms with van der Waals surface area (Å²) in [5, 5.41) is 13.9. The van der Waals surface area contributed by atoms with Gasteiger partial charge in [0.2, 0.25) is 0 Å². The average Bonchev–Trinajstić information content (AvgIpc) is 2.82. The molecule has 8 nitrogen and oxygen atoms in total. The molecule has 0 unspecified atom stereocenters. The van der Waals surface area contributed by atoms with Crippen LogP contribution in [0.5, 0.6) is 11.5 Å². The van der Waals surface area contributed by atoms with Gasteiger partial charge in [0.1, 0.15) is 18.0 Å². The van der Waals surface area contributed by atoms with Gasteiger partial charge in [-0.3, -0.25) is 9.10 Å². The third kappa shape index (κ3) is 5.25. The predicted octanol–water partition coefficient (Wildman–Crippen LogP) is 3.14. The number of phenols is 1. The highest BCUT2D eigenvalue weighted by Gasteiger charge is 2.27. The zero-order valence-corrected chi connectivity index (χ0v) is 18.4. The molecule has 0 aromatic heterocycles. The fourth-order valence-corrected chi connectivity index (χ4v) is 4.38. The molecule has 0 atom stereocenters. The number of phenolic OH excluding ortho intramolecular Hbond substituents is 1. The minimum absolute atomic E-state index is 0.0227. The van der Waals surface area contributed by atoms with Crippen molar-refractivity contribution in [2.75, 3.05) is 18.0 Å². The molecular weight excluding hydrogens is 430 g/mol.